The lowest BCUT2D eigenvalue weighted by molar-refractivity contribution is 0.407. The average Bonchev–Trinajstić information content (AvgIpc) is 2.96. The fraction of sp³-hybridized carbons (Fsp3) is 0.250. The highest BCUT2D eigenvalue weighted by atomic mass is 16.6. The molecule has 3 rings (SSSR count). The van der Waals surface area contributed by atoms with Gasteiger partial charge in [0, 0.05) is 12.6 Å². The van der Waals surface area contributed by atoms with Crippen LogP contribution in [0.3, 0.4) is 0 Å². The molecule has 1 aromatic heterocycles. The van der Waals surface area contributed by atoms with Crippen LogP contribution in [0.1, 0.15) is 5.56 Å². The van der Waals surface area contributed by atoms with E-state index in [1.54, 1.807) is 0 Å². The van der Waals surface area contributed by atoms with E-state index in [-0.39, 0.29) is 0 Å². The first-order chi connectivity index (χ1) is 7.42. The van der Waals surface area contributed by atoms with E-state index in [0.717, 1.165) is 18.7 Å². The molecular weight excluding hydrogens is 188 g/mol. The molecule has 15 heavy (non-hydrogen) atoms. The van der Waals surface area contributed by atoms with Crippen LogP contribution < -0.4 is 0 Å². The van der Waals surface area contributed by atoms with E-state index in [1.165, 1.54) is 5.56 Å². The number of hydrogen-bond donors (Lipinski definition) is 0. The monoisotopic (exact) mass is 200 g/mol. The van der Waals surface area contributed by atoms with Crippen LogP contribution in [-0.2, 0) is 11.2 Å². The molecular formula is C12H12N2O. The molecule has 1 unspecified atom stereocenters. The van der Waals surface area contributed by atoms with Gasteiger partial charge >= 0.3 is 0 Å². The summed E-state index contributed by atoms with van der Waals surface area (Å²) < 4.78 is 7.09. The lowest BCUT2D eigenvalue weighted by Gasteiger charge is -1.98. The van der Waals surface area contributed by atoms with E-state index in [4.69, 9.17) is 4.74 Å². The molecule has 3 nitrogen and oxygen atoms in total. The van der Waals surface area contributed by atoms with Gasteiger partial charge in [0.1, 0.15) is 0 Å². The van der Waals surface area contributed by atoms with Crippen molar-refractivity contribution < 1.29 is 4.74 Å². The van der Waals surface area contributed by atoms with Crippen LogP contribution in [0.25, 0.3) is 5.69 Å². The third-order valence-electron chi connectivity index (χ3n) is 2.52. The number of ether oxygens (including phenoxy) is 1. The second kappa shape index (κ2) is 3.51. The minimum atomic E-state index is 0.429. The molecule has 0 N–H and O–H groups in total. The first kappa shape index (κ1) is 8.68. The van der Waals surface area contributed by atoms with Crippen LogP contribution in [0.5, 0.6) is 0 Å². The smallest absolute Gasteiger partial charge is 0.0851 e. The Bertz CT molecular complexity index is 446. The van der Waals surface area contributed by atoms with Crippen LogP contribution in [0, 0.1) is 0 Å². The van der Waals surface area contributed by atoms with Gasteiger partial charge in [-0.1, -0.05) is 18.2 Å². The molecule has 1 aliphatic rings. The van der Waals surface area contributed by atoms with Gasteiger partial charge in [-0.2, -0.15) is 5.10 Å². The highest BCUT2D eigenvalue weighted by Crippen LogP contribution is 2.16. The van der Waals surface area contributed by atoms with Gasteiger partial charge in [-0.05, 0) is 17.7 Å². The molecule has 1 saturated heterocycles. The predicted molar refractivity (Wildman–Crippen MR) is 57.0 cm³/mol. The number of benzene rings is 1. The van der Waals surface area contributed by atoms with Crippen LogP contribution in [0.15, 0.2) is 42.7 Å². The average molecular weight is 200 g/mol. The maximum atomic E-state index is 5.19. The van der Waals surface area contributed by atoms with Crippen molar-refractivity contribution in [1.29, 1.82) is 0 Å². The summed E-state index contributed by atoms with van der Waals surface area (Å²) in [7, 11) is 0. The lowest BCUT2D eigenvalue weighted by atomic mass is 10.2. The van der Waals surface area contributed by atoms with Crippen molar-refractivity contribution in [2.75, 3.05) is 6.61 Å². The quantitative estimate of drug-likeness (QED) is 0.707. The highest BCUT2D eigenvalue weighted by molar-refractivity contribution is 5.31. The number of aromatic nitrogens is 2. The molecule has 0 spiro atoms. The third kappa shape index (κ3) is 1.92. The summed E-state index contributed by atoms with van der Waals surface area (Å²) in [6.45, 7) is 0.899. The van der Waals surface area contributed by atoms with Crippen molar-refractivity contribution in [2.45, 2.75) is 12.5 Å². The number of epoxide rings is 1. The third-order valence-corrected chi connectivity index (χ3v) is 2.52. The zero-order valence-electron chi connectivity index (χ0n) is 8.34. The van der Waals surface area contributed by atoms with Gasteiger partial charge < -0.3 is 4.74 Å². The summed E-state index contributed by atoms with van der Waals surface area (Å²) in [5, 5.41) is 4.33. The zero-order valence-corrected chi connectivity index (χ0v) is 8.34. The van der Waals surface area contributed by atoms with Gasteiger partial charge in [-0.15, -0.1) is 0 Å². The van der Waals surface area contributed by atoms with Gasteiger partial charge in [-0.25, -0.2) is 4.68 Å². The standard InChI is InChI=1S/C12H12N2O/c1-2-4-11(5-3-1)14-8-10(7-13-14)6-12-9-15-12/h1-5,7-8,12H,6,9H2. The summed E-state index contributed by atoms with van der Waals surface area (Å²) in [6, 6.07) is 10.1. The summed E-state index contributed by atoms with van der Waals surface area (Å²) in [5.41, 5.74) is 2.34. The van der Waals surface area contributed by atoms with Crippen molar-refractivity contribution in [2.24, 2.45) is 0 Å². The number of rotatable bonds is 3. The van der Waals surface area contributed by atoms with Crippen molar-refractivity contribution >= 4 is 0 Å². The van der Waals surface area contributed by atoms with Crippen molar-refractivity contribution in [3.05, 3.63) is 48.3 Å². The van der Waals surface area contributed by atoms with Gasteiger partial charge in [0.25, 0.3) is 0 Å². The van der Waals surface area contributed by atoms with E-state index in [1.807, 2.05) is 41.2 Å². The molecule has 0 radical (unpaired) electrons. The Labute approximate surface area is 88.3 Å². The second-order valence-electron chi connectivity index (χ2n) is 3.79. The van der Waals surface area contributed by atoms with Crippen LogP contribution in [-0.4, -0.2) is 22.5 Å². The van der Waals surface area contributed by atoms with Crippen molar-refractivity contribution in [3.8, 4) is 5.69 Å². The fourth-order valence-electron chi connectivity index (χ4n) is 1.64. The molecule has 1 fully saturated rings. The van der Waals surface area contributed by atoms with Gasteiger partial charge in [0.2, 0.25) is 0 Å². The summed E-state index contributed by atoms with van der Waals surface area (Å²) in [6.07, 6.45) is 5.39. The molecule has 2 heterocycles. The molecule has 2 aromatic rings. The van der Waals surface area contributed by atoms with E-state index in [0.29, 0.717) is 6.10 Å². The molecule has 1 aromatic carbocycles. The number of nitrogens with zero attached hydrogens (tertiary/aromatic N) is 2. The van der Waals surface area contributed by atoms with E-state index < -0.39 is 0 Å². The maximum Gasteiger partial charge on any atom is 0.0851 e. The van der Waals surface area contributed by atoms with Gasteiger partial charge in [0.05, 0.1) is 24.6 Å². The SMILES string of the molecule is c1ccc(-n2cc(CC3CO3)cn2)cc1. The molecule has 0 bridgehead atoms. The Hall–Kier alpha value is -1.61. The van der Waals surface area contributed by atoms with Crippen LogP contribution in [0.2, 0.25) is 0 Å². The van der Waals surface area contributed by atoms with Crippen LogP contribution >= 0.6 is 0 Å². The number of hydrogen-bond acceptors (Lipinski definition) is 2. The Morgan fingerprint density at radius 1 is 1.33 bits per heavy atom. The molecule has 0 saturated carbocycles. The van der Waals surface area contributed by atoms with Gasteiger partial charge in [-0.3, -0.25) is 0 Å². The fourth-order valence-corrected chi connectivity index (χ4v) is 1.64. The Morgan fingerprint density at radius 3 is 2.87 bits per heavy atom. The minimum Gasteiger partial charge on any atom is -0.373 e. The van der Waals surface area contributed by atoms with E-state index >= 15 is 0 Å². The van der Waals surface area contributed by atoms with Crippen LogP contribution in [0.4, 0.5) is 0 Å². The normalized spacial score (nSPS) is 19.1. The zero-order chi connectivity index (χ0) is 10.1. The second-order valence-corrected chi connectivity index (χ2v) is 3.79. The summed E-state index contributed by atoms with van der Waals surface area (Å²) in [4.78, 5) is 0. The van der Waals surface area contributed by atoms with Gasteiger partial charge in [0.15, 0.2) is 0 Å². The highest BCUT2D eigenvalue weighted by Gasteiger charge is 2.23. The van der Waals surface area contributed by atoms with E-state index in [2.05, 4.69) is 11.3 Å². The topological polar surface area (TPSA) is 30.4 Å². The Balaban J connectivity index is 1.83. The molecule has 76 valence electrons. The molecule has 0 amide bonds. The van der Waals surface area contributed by atoms with Crippen molar-refractivity contribution in [1.82, 2.24) is 9.78 Å². The Morgan fingerprint density at radius 2 is 2.13 bits per heavy atom. The van der Waals surface area contributed by atoms with E-state index in [9.17, 15) is 0 Å². The predicted octanol–water partition coefficient (Wildman–Crippen LogP) is 1.81. The van der Waals surface area contributed by atoms with Crippen molar-refractivity contribution in [3.63, 3.8) is 0 Å². The number of para-hydroxylation sites is 1. The first-order valence-electron chi connectivity index (χ1n) is 5.12. The Kier molecular flexibility index (Phi) is 2.03. The largest absolute Gasteiger partial charge is 0.373 e. The minimum absolute atomic E-state index is 0.429. The first-order valence-corrected chi connectivity index (χ1v) is 5.12. The summed E-state index contributed by atoms with van der Waals surface area (Å²) >= 11 is 0. The molecule has 0 aliphatic carbocycles. The maximum absolute atomic E-state index is 5.19. The molecule has 3 heteroatoms. The molecule has 1 atom stereocenters. The summed E-state index contributed by atoms with van der Waals surface area (Å²) in [5.74, 6) is 0. The lowest BCUT2D eigenvalue weighted by Crippen LogP contribution is -1.93. The molecule has 1 aliphatic heterocycles.